The monoisotopic (exact) mass is 189 g/mol. The Bertz CT molecular complexity index is 216. The van der Waals surface area contributed by atoms with Gasteiger partial charge in [-0.2, -0.15) is 0 Å². The third kappa shape index (κ3) is 1.99. The van der Waals surface area contributed by atoms with E-state index in [4.69, 9.17) is 4.74 Å². The van der Waals surface area contributed by atoms with Crippen molar-refractivity contribution in [1.29, 1.82) is 0 Å². The maximum absolute atomic E-state index is 13.6. The van der Waals surface area contributed by atoms with Crippen LogP contribution in [0.25, 0.3) is 0 Å². The Morgan fingerprint density at radius 2 is 2.15 bits per heavy atom. The number of halogens is 1. The van der Waals surface area contributed by atoms with Gasteiger partial charge in [0.1, 0.15) is 6.10 Å². The van der Waals surface area contributed by atoms with Gasteiger partial charge in [-0.25, -0.2) is 4.39 Å². The van der Waals surface area contributed by atoms with E-state index in [2.05, 4.69) is 5.32 Å². The molecule has 1 aliphatic rings. The number of nitrogens with one attached hydrogen (secondary N) is 1. The lowest BCUT2D eigenvalue weighted by atomic mass is 10.0. The third-order valence-electron chi connectivity index (χ3n) is 2.35. The van der Waals surface area contributed by atoms with Gasteiger partial charge in [0, 0.05) is 0 Å². The Kier molecular flexibility index (Phi) is 2.61. The molecular formula is C9H16FNO2. The fourth-order valence-electron chi connectivity index (χ4n) is 1.27. The zero-order valence-corrected chi connectivity index (χ0v) is 8.43. The first kappa shape index (κ1) is 10.4. The summed E-state index contributed by atoms with van der Waals surface area (Å²) in [6, 6.07) is -0.588. The standard InChI is InChI=1S/C9H16FNO2/c1-5(2)7-8(12)11-6(3)9(4,10)13-7/h5-7H,1-4H3,(H,11,12). The fourth-order valence-corrected chi connectivity index (χ4v) is 1.27. The van der Waals surface area contributed by atoms with Gasteiger partial charge >= 0.3 is 0 Å². The fraction of sp³-hybridized carbons (Fsp3) is 0.889. The van der Waals surface area contributed by atoms with Gasteiger partial charge in [-0.1, -0.05) is 13.8 Å². The van der Waals surface area contributed by atoms with Crippen molar-refractivity contribution < 1.29 is 13.9 Å². The van der Waals surface area contributed by atoms with Gasteiger partial charge in [0.2, 0.25) is 11.8 Å². The highest BCUT2D eigenvalue weighted by atomic mass is 19.2. The van der Waals surface area contributed by atoms with Crippen molar-refractivity contribution in [2.75, 3.05) is 0 Å². The molecule has 1 rings (SSSR count). The second-order valence-electron chi connectivity index (χ2n) is 4.00. The number of rotatable bonds is 1. The first-order valence-corrected chi connectivity index (χ1v) is 4.51. The lowest BCUT2D eigenvalue weighted by molar-refractivity contribution is -0.216. The molecule has 0 aromatic rings. The largest absolute Gasteiger partial charge is 0.346 e. The third-order valence-corrected chi connectivity index (χ3v) is 2.35. The minimum Gasteiger partial charge on any atom is -0.346 e. The number of ether oxygens (including phenoxy) is 1. The molecule has 1 N–H and O–H groups in total. The number of morpholine rings is 1. The van der Waals surface area contributed by atoms with Gasteiger partial charge in [0.15, 0.2) is 0 Å². The Labute approximate surface area is 77.6 Å². The first-order valence-electron chi connectivity index (χ1n) is 4.51. The molecule has 1 saturated heterocycles. The van der Waals surface area contributed by atoms with Crippen molar-refractivity contribution in [3.63, 3.8) is 0 Å². The van der Waals surface area contributed by atoms with E-state index in [0.29, 0.717) is 0 Å². The average molecular weight is 189 g/mol. The van der Waals surface area contributed by atoms with E-state index in [1.807, 2.05) is 13.8 Å². The molecule has 3 unspecified atom stereocenters. The first-order chi connectivity index (χ1) is 5.84. The molecule has 4 heteroatoms. The molecule has 1 amide bonds. The molecule has 1 aliphatic heterocycles. The smallest absolute Gasteiger partial charge is 0.249 e. The van der Waals surface area contributed by atoms with Crippen LogP contribution >= 0.6 is 0 Å². The van der Waals surface area contributed by atoms with Crippen molar-refractivity contribution >= 4 is 5.91 Å². The Morgan fingerprint density at radius 1 is 1.62 bits per heavy atom. The maximum Gasteiger partial charge on any atom is 0.249 e. The number of carbonyl (C=O) groups excluding carboxylic acids is 1. The topological polar surface area (TPSA) is 38.3 Å². The van der Waals surface area contributed by atoms with Gasteiger partial charge in [-0.3, -0.25) is 4.79 Å². The van der Waals surface area contributed by atoms with Crippen LogP contribution in [0.2, 0.25) is 0 Å². The van der Waals surface area contributed by atoms with E-state index in [1.165, 1.54) is 6.92 Å². The average Bonchev–Trinajstić information content (AvgIpc) is 1.97. The van der Waals surface area contributed by atoms with E-state index in [1.54, 1.807) is 6.92 Å². The van der Waals surface area contributed by atoms with Crippen LogP contribution in [0.4, 0.5) is 4.39 Å². The molecule has 0 aliphatic carbocycles. The van der Waals surface area contributed by atoms with Crippen LogP contribution in [-0.4, -0.2) is 23.9 Å². The lowest BCUT2D eigenvalue weighted by Crippen LogP contribution is -2.60. The van der Waals surface area contributed by atoms with Gasteiger partial charge in [0.25, 0.3) is 0 Å². The summed E-state index contributed by atoms with van der Waals surface area (Å²) in [5.74, 6) is -2.00. The van der Waals surface area contributed by atoms with Gasteiger partial charge < -0.3 is 10.1 Å². The zero-order chi connectivity index (χ0) is 10.2. The minimum absolute atomic E-state index is 0.0115. The van der Waals surface area contributed by atoms with Crippen molar-refractivity contribution in [3.8, 4) is 0 Å². The van der Waals surface area contributed by atoms with Crippen molar-refractivity contribution in [2.24, 2.45) is 5.92 Å². The van der Waals surface area contributed by atoms with E-state index in [-0.39, 0.29) is 11.8 Å². The molecule has 76 valence electrons. The number of alkyl halides is 1. The Morgan fingerprint density at radius 3 is 2.62 bits per heavy atom. The second-order valence-corrected chi connectivity index (χ2v) is 4.00. The summed E-state index contributed by atoms with van der Waals surface area (Å²) in [5, 5.41) is 2.56. The second kappa shape index (κ2) is 3.25. The molecular weight excluding hydrogens is 173 g/mol. The number of hydrogen-bond donors (Lipinski definition) is 1. The minimum atomic E-state index is -1.76. The molecule has 0 bridgehead atoms. The van der Waals surface area contributed by atoms with E-state index in [0.717, 1.165) is 0 Å². The van der Waals surface area contributed by atoms with Crippen LogP contribution in [0.3, 0.4) is 0 Å². The predicted octanol–water partition coefficient (Wildman–Crippen LogP) is 1.23. The summed E-state index contributed by atoms with van der Waals surface area (Å²) in [5.41, 5.74) is 0. The van der Waals surface area contributed by atoms with Gasteiger partial charge in [-0.05, 0) is 19.8 Å². The lowest BCUT2D eigenvalue weighted by Gasteiger charge is -2.38. The summed E-state index contributed by atoms with van der Waals surface area (Å²) in [7, 11) is 0. The highest BCUT2D eigenvalue weighted by Gasteiger charge is 2.44. The van der Waals surface area contributed by atoms with Crippen LogP contribution < -0.4 is 5.32 Å². The number of hydrogen-bond acceptors (Lipinski definition) is 2. The van der Waals surface area contributed by atoms with Gasteiger partial charge in [0.05, 0.1) is 6.04 Å². The van der Waals surface area contributed by atoms with E-state index >= 15 is 0 Å². The summed E-state index contributed by atoms with van der Waals surface area (Å²) >= 11 is 0. The highest BCUT2D eigenvalue weighted by molar-refractivity contribution is 5.82. The summed E-state index contributed by atoms with van der Waals surface area (Å²) in [4.78, 5) is 11.3. The molecule has 3 atom stereocenters. The van der Waals surface area contributed by atoms with Crippen molar-refractivity contribution in [3.05, 3.63) is 0 Å². The van der Waals surface area contributed by atoms with Crippen LogP contribution in [0, 0.1) is 5.92 Å². The van der Waals surface area contributed by atoms with E-state index < -0.39 is 18.0 Å². The van der Waals surface area contributed by atoms with E-state index in [9.17, 15) is 9.18 Å². The van der Waals surface area contributed by atoms with Crippen LogP contribution in [0.1, 0.15) is 27.7 Å². The van der Waals surface area contributed by atoms with Crippen LogP contribution in [0.5, 0.6) is 0 Å². The van der Waals surface area contributed by atoms with Crippen LogP contribution in [-0.2, 0) is 9.53 Å². The Balaban J connectivity index is 2.76. The zero-order valence-electron chi connectivity index (χ0n) is 8.43. The summed E-state index contributed by atoms with van der Waals surface area (Å²) in [6.45, 7) is 6.59. The molecule has 0 radical (unpaired) electrons. The maximum atomic E-state index is 13.6. The van der Waals surface area contributed by atoms with Crippen molar-refractivity contribution in [2.45, 2.75) is 45.7 Å². The van der Waals surface area contributed by atoms with Crippen molar-refractivity contribution in [1.82, 2.24) is 5.32 Å². The van der Waals surface area contributed by atoms with Gasteiger partial charge in [-0.15, -0.1) is 0 Å². The molecule has 0 saturated carbocycles. The molecule has 13 heavy (non-hydrogen) atoms. The predicted molar refractivity (Wildman–Crippen MR) is 46.8 cm³/mol. The molecule has 1 fully saturated rings. The molecule has 0 aromatic heterocycles. The Hall–Kier alpha value is -0.640. The molecule has 0 spiro atoms. The summed E-state index contributed by atoms with van der Waals surface area (Å²) < 4.78 is 18.7. The molecule has 0 aromatic carbocycles. The highest BCUT2D eigenvalue weighted by Crippen LogP contribution is 2.26. The van der Waals surface area contributed by atoms with Crippen LogP contribution in [0.15, 0.2) is 0 Å². The normalized spacial score (nSPS) is 40.6. The quantitative estimate of drug-likeness (QED) is 0.673. The number of carbonyl (C=O) groups is 1. The summed E-state index contributed by atoms with van der Waals surface area (Å²) in [6.07, 6.45) is -0.675. The number of amides is 1. The molecule has 3 nitrogen and oxygen atoms in total. The SMILES string of the molecule is CC(C)C1OC(C)(F)C(C)NC1=O. The molecule has 1 heterocycles.